The number of rotatable bonds is 3. The maximum atomic E-state index is 10.8. The predicted molar refractivity (Wildman–Crippen MR) is 56.2 cm³/mol. The lowest BCUT2D eigenvalue weighted by Crippen LogP contribution is -2.56. The van der Waals surface area contributed by atoms with E-state index < -0.39 is 5.97 Å². The first kappa shape index (κ1) is 11.5. The highest BCUT2D eigenvalue weighted by Crippen LogP contribution is 2.31. The van der Waals surface area contributed by atoms with Gasteiger partial charge in [-0.1, -0.05) is 27.7 Å². The van der Waals surface area contributed by atoms with Crippen LogP contribution in [0.5, 0.6) is 0 Å². The van der Waals surface area contributed by atoms with E-state index in [1.807, 2.05) is 0 Å². The van der Waals surface area contributed by atoms with Gasteiger partial charge in [-0.2, -0.15) is 0 Å². The van der Waals surface area contributed by atoms with E-state index in [4.69, 9.17) is 5.11 Å². The predicted octanol–water partition coefficient (Wildman–Crippen LogP) is 1.83. The standard InChI is InChI=1S/C11H21NO2/c1-8-6-12(7-8)9(5-10(13)14)11(2,3)4/h8-9H,5-7H2,1-4H3,(H,13,14). The zero-order valence-electron chi connectivity index (χ0n) is 9.58. The summed E-state index contributed by atoms with van der Waals surface area (Å²) in [6.07, 6.45) is 0.260. The summed E-state index contributed by atoms with van der Waals surface area (Å²) in [7, 11) is 0. The Kier molecular flexibility index (Phi) is 3.20. The van der Waals surface area contributed by atoms with Gasteiger partial charge in [0.2, 0.25) is 0 Å². The topological polar surface area (TPSA) is 40.5 Å². The molecule has 0 saturated carbocycles. The van der Waals surface area contributed by atoms with Crippen molar-refractivity contribution in [2.45, 2.75) is 40.2 Å². The van der Waals surface area contributed by atoms with Crippen LogP contribution in [-0.2, 0) is 4.79 Å². The molecule has 0 aromatic heterocycles. The third-order valence-electron chi connectivity index (χ3n) is 2.90. The molecule has 1 saturated heterocycles. The van der Waals surface area contributed by atoms with E-state index in [1.165, 1.54) is 0 Å². The van der Waals surface area contributed by atoms with Crippen molar-refractivity contribution in [3.63, 3.8) is 0 Å². The highest BCUT2D eigenvalue weighted by molar-refractivity contribution is 5.67. The normalized spacial score (nSPS) is 21.7. The zero-order chi connectivity index (χ0) is 10.9. The lowest BCUT2D eigenvalue weighted by molar-refractivity contribution is -0.140. The van der Waals surface area contributed by atoms with Crippen molar-refractivity contribution in [3.05, 3.63) is 0 Å². The molecule has 1 rings (SSSR count). The van der Waals surface area contributed by atoms with E-state index in [9.17, 15) is 4.79 Å². The average molecular weight is 199 g/mol. The van der Waals surface area contributed by atoms with Crippen molar-refractivity contribution < 1.29 is 9.90 Å². The maximum absolute atomic E-state index is 10.8. The second-order valence-electron chi connectivity index (χ2n) is 5.54. The van der Waals surface area contributed by atoms with Gasteiger partial charge in [0.05, 0.1) is 6.42 Å². The third-order valence-corrected chi connectivity index (χ3v) is 2.90. The third kappa shape index (κ3) is 2.71. The van der Waals surface area contributed by atoms with Gasteiger partial charge in [0.25, 0.3) is 0 Å². The molecule has 1 unspecified atom stereocenters. The van der Waals surface area contributed by atoms with Gasteiger partial charge >= 0.3 is 5.97 Å². The van der Waals surface area contributed by atoms with E-state index in [-0.39, 0.29) is 17.9 Å². The molecule has 1 fully saturated rings. The smallest absolute Gasteiger partial charge is 0.304 e. The Morgan fingerprint density at radius 3 is 2.29 bits per heavy atom. The number of carboxylic acid groups (broad SMARTS) is 1. The van der Waals surface area contributed by atoms with Crippen LogP contribution in [-0.4, -0.2) is 35.1 Å². The molecule has 0 aromatic rings. The molecule has 1 aliphatic rings. The second-order valence-corrected chi connectivity index (χ2v) is 5.54. The van der Waals surface area contributed by atoms with Gasteiger partial charge in [-0.15, -0.1) is 0 Å². The molecule has 1 heterocycles. The molecule has 82 valence electrons. The number of hydrogen-bond acceptors (Lipinski definition) is 2. The van der Waals surface area contributed by atoms with E-state index >= 15 is 0 Å². The Morgan fingerprint density at radius 1 is 1.50 bits per heavy atom. The SMILES string of the molecule is CC1CN(C(CC(=O)O)C(C)(C)C)C1. The van der Waals surface area contributed by atoms with Crippen LogP contribution in [0.4, 0.5) is 0 Å². The van der Waals surface area contributed by atoms with Gasteiger partial charge in [0.1, 0.15) is 0 Å². The zero-order valence-corrected chi connectivity index (χ0v) is 9.58. The van der Waals surface area contributed by atoms with Crippen molar-refractivity contribution in [1.29, 1.82) is 0 Å². The van der Waals surface area contributed by atoms with E-state index in [2.05, 4.69) is 32.6 Å². The minimum atomic E-state index is -0.690. The molecule has 3 heteroatoms. The van der Waals surface area contributed by atoms with E-state index in [1.54, 1.807) is 0 Å². The quantitative estimate of drug-likeness (QED) is 0.754. The molecule has 3 nitrogen and oxygen atoms in total. The molecule has 0 radical (unpaired) electrons. The monoisotopic (exact) mass is 199 g/mol. The fourth-order valence-electron chi connectivity index (χ4n) is 2.15. The van der Waals surface area contributed by atoms with Gasteiger partial charge in [-0.3, -0.25) is 9.69 Å². The number of hydrogen-bond donors (Lipinski definition) is 1. The lowest BCUT2D eigenvalue weighted by atomic mass is 9.81. The summed E-state index contributed by atoms with van der Waals surface area (Å²) in [4.78, 5) is 13.0. The van der Waals surface area contributed by atoms with Crippen LogP contribution < -0.4 is 0 Å². The molecule has 14 heavy (non-hydrogen) atoms. The van der Waals surface area contributed by atoms with Crippen LogP contribution in [0.3, 0.4) is 0 Å². The van der Waals surface area contributed by atoms with Crippen LogP contribution >= 0.6 is 0 Å². The summed E-state index contributed by atoms with van der Waals surface area (Å²) in [5.41, 5.74) is 0.0541. The molecule has 0 amide bonds. The number of nitrogens with zero attached hydrogens (tertiary/aromatic N) is 1. The van der Waals surface area contributed by atoms with Crippen molar-refractivity contribution in [2.24, 2.45) is 11.3 Å². The average Bonchev–Trinajstić information content (AvgIpc) is 1.92. The molecule has 0 aromatic carbocycles. The van der Waals surface area contributed by atoms with E-state index in [0.717, 1.165) is 19.0 Å². The minimum Gasteiger partial charge on any atom is -0.481 e. The highest BCUT2D eigenvalue weighted by Gasteiger charge is 2.37. The molecule has 0 aliphatic carbocycles. The Morgan fingerprint density at radius 2 is 2.00 bits per heavy atom. The number of carbonyl (C=O) groups is 1. The first-order valence-corrected chi connectivity index (χ1v) is 5.26. The molecule has 1 N–H and O–H groups in total. The van der Waals surface area contributed by atoms with Crippen LogP contribution in [0.2, 0.25) is 0 Å². The minimum absolute atomic E-state index is 0.0541. The number of carboxylic acids is 1. The highest BCUT2D eigenvalue weighted by atomic mass is 16.4. The molecule has 0 bridgehead atoms. The molecule has 0 spiro atoms. The first-order chi connectivity index (χ1) is 6.30. The summed E-state index contributed by atoms with van der Waals surface area (Å²) in [5, 5.41) is 8.85. The Labute approximate surface area is 86.1 Å². The van der Waals surface area contributed by atoms with Crippen LogP contribution in [0, 0.1) is 11.3 Å². The van der Waals surface area contributed by atoms with Crippen molar-refractivity contribution in [1.82, 2.24) is 4.90 Å². The Balaban J connectivity index is 2.58. The Hall–Kier alpha value is -0.570. The molecule has 1 aliphatic heterocycles. The lowest BCUT2D eigenvalue weighted by Gasteiger charge is -2.47. The van der Waals surface area contributed by atoms with Crippen LogP contribution in [0.15, 0.2) is 0 Å². The van der Waals surface area contributed by atoms with Gasteiger partial charge in [-0.05, 0) is 11.3 Å². The fourth-order valence-corrected chi connectivity index (χ4v) is 2.15. The van der Waals surface area contributed by atoms with Gasteiger partial charge < -0.3 is 5.11 Å². The fraction of sp³-hybridized carbons (Fsp3) is 0.909. The first-order valence-electron chi connectivity index (χ1n) is 5.26. The maximum Gasteiger partial charge on any atom is 0.304 e. The van der Waals surface area contributed by atoms with Gasteiger partial charge in [0, 0.05) is 19.1 Å². The molecule has 1 atom stereocenters. The van der Waals surface area contributed by atoms with Crippen LogP contribution in [0.25, 0.3) is 0 Å². The van der Waals surface area contributed by atoms with Crippen LogP contribution in [0.1, 0.15) is 34.1 Å². The number of likely N-dealkylation sites (tertiary alicyclic amines) is 1. The van der Waals surface area contributed by atoms with E-state index in [0.29, 0.717) is 0 Å². The molecular weight excluding hydrogens is 178 g/mol. The van der Waals surface area contributed by atoms with Crippen molar-refractivity contribution in [2.75, 3.05) is 13.1 Å². The van der Waals surface area contributed by atoms with Gasteiger partial charge in [0.15, 0.2) is 0 Å². The summed E-state index contributed by atoms with van der Waals surface area (Å²) in [6.45, 7) is 10.7. The summed E-state index contributed by atoms with van der Waals surface area (Å²) < 4.78 is 0. The van der Waals surface area contributed by atoms with Crippen molar-refractivity contribution >= 4 is 5.97 Å². The molecular formula is C11H21NO2. The largest absolute Gasteiger partial charge is 0.481 e. The second kappa shape index (κ2) is 3.89. The summed E-state index contributed by atoms with van der Waals surface area (Å²) >= 11 is 0. The van der Waals surface area contributed by atoms with Gasteiger partial charge in [-0.25, -0.2) is 0 Å². The summed E-state index contributed by atoms with van der Waals surface area (Å²) in [6, 6.07) is 0.177. The van der Waals surface area contributed by atoms with Crippen molar-refractivity contribution in [3.8, 4) is 0 Å². The summed E-state index contributed by atoms with van der Waals surface area (Å²) in [5.74, 6) is 0.0399. The Bertz CT molecular complexity index is 214. The number of aliphatic carboxylic acids is 1.